The van der Waals surface area contributed by atoms with E-state index in [0.29, 0.717) is 18.7 Å². The van der Waals surface area contributed by atoms with E-state index in [9.17, 15) is 13.2 Å². The Balaban J connectivity index is 2.18. The molecule has 0 aromatic heterocycles. The molecule has 1 atom stereocenters. The van der Waals surface area contributed by atoms with Gasteiger partial charge in [0.05, 0.1) is 11.5 Å². The molecule has 8 heteroatoms. The van der Waals surface area contributed by atoms with E-state index in [-0.39, 0.29) is 30.0 Å². The first-order chi connectivity index (χ1) is 11.5. The van der Waals surface area contributed by atoms with Gasteiger partial charge in [-0.15, -0.1) is 0 Å². The lowest BCUT2D eigenvalue weighted by Crippen LogP contribution is -2.47. The minimum absolute atomic E-state index is 0.0198. The molecular weight excluding hydrogens is 330 g/mol. The molecule has 7 nitrogen and oxygen atoms in total. The second-order valence-corrected chi connectivity index (χ2v) is 7.57. The minimum atomic E-state index is -3.66. The fourth-order valence-corrected chi connectivity index (χ4v) is 3.90. The van der Waals surface area contributed by atoms with Crippen LogP contribution in [0.4, 0.5) is 0 Å². The van der Waals surface area contributed by atoms with Crippen LogP contribution < -0.4 is 10.5 Å². The third kappa shape index (κ3) is 4.54. The van der Waals surface area contributed by atoms with Crippen LogP contribution in [0.5, 0.6) is 0 Å². The molecule has 24 heavy (non-hydrogen) atoms. The van der Waals surface area contributed by atoms with Crippen LogP contribution >= 0.6 is 0 Å². The summed E-state index contributed by atoms with van der Waals surface area (Å²) < 4.78 is 31.8. The summed E-state index contributed by atoms with van der Waals surface area (Å²) in [5.41, 5.74) is 6.13. The lowest BCUT2D eigenvalue weighted by Gasteiger charge is -2.35. The van der Waals surface area contributed by atoms with E-state index in [2.05, 4.69) is 4.72 Å². The van der Waals surface area contributed by atoms with Crippen LogP contribution in [-0.4, -0.2) is 58.6 Å². The second kappa shape index (κ2) is 8.57. The lowest BCUT2D eigenvalue weighted by atomic mass is 10.0. The fraction of sp³-hybridized carbons (Fsp3) is 0.562. The first-order valence-electron chi connectivity index (χ1n) is 8.09. The summed E-state index contributed by atoms with van der Waals surface area (Å²) in [6, 6.07) is 6.13. The highest BCUT2D eigenvalue weighted by Crippen LogP contribution is 2.20. The minimum Gasteiger partial charge on any atom is -0.383 e. The number of hydrogen-bond acceptors (Lipinski definition) is 5. The van der Waals surface area contributed by atoms with E-state index in [1.807, 2.05) is 0 Å². The largest absolute Gasteiger partial charge is 0.383 e. The molecule has 1 aromatic carbocycles. The predicted molar refractivity (Wildman–Crippen MR) is 91.2 cm³/mol. The van der Waals surface area contributed by atoms with Gasteiger partial charge in [-0.25, -0.2) is 13.1 Å². The summed E-state index contributed by atoms with van der Waals surface area (Å²) >= 11 is 0. The number of amides is 1. The molecule has 1 heterocycles. The average molecular weight is 355 g/mol. The van der Waals surface area contributed by atoms with Crippen LogP contribution in [-0.2, 0) is 14.8 Å². The number of sulfonamides is 1. The maximum absolute atomic E-state index is 12.7. The number of nitrogens with one attached hydrogen (secondary N) is 1. The Labute approximate surface area is 143 Å². The van der Waals surface area contributed by atoms with Crippen LogP contribution in [0, 0.1) is 0 Å². The highest BCUT2D eigenvalue weighted by molar-refractivity contribution is 7.89. The van der Waals surface area contributed by atoms with E-state index in [1.165, 1.54) is 19.2 Å². The number of nitrogens with two attached hydrogens (primary N) is 1. The zero-order chi connectivity index (χ0) is 17.6. The summed E-state index contributed by atoms with van der Waals surface area (Å²) in [5, 5.41) is 0. The van der Waals surface area contributed by atoms with Gasteiger partial charge in [0, 0.05) is 38.3 Å². The summed E-state index contributed by atoms with van der Waals surface area (Å²) in [5.74, 6) is -0.168. The van der Waals surface area contributed by atoms with Crippen molar-refractivity contribution in [1.29, 1.82) is 0 Å². The van der Waals surface area contributed by atoms with E-state index >= 15 is 0 Å². The number of piperidine rings is 1. The van der Waals surface area contributed by atoms with Gasteiger partial charge in [-0.1, -0.05) is 6.07 Å². The van der Waals surface area contributed by atoms with Gasteiger partial charge in [0.1, 0.15) is 0 Å². The number of carbonyl (C=O) groups is 1. The molecule has 1 amide bonds. The number of methoxy groups -OCH3 is 1. The van der Waals surface area contributed by atoms with Crippen molar-refractivity contribution in [1.82, 2.24) is 9.62 Å². The number of ether oxygens (including phenoxy) is 1. The van der Waals surface area contributed by atoms with Crippen LogP contribution in [0.25, 0.3) is 0 Å². The zero-order valence-corrected chi connectivity index (χ0v) is 14.7. The molecule has 0 saturated carbocycles. The van der Waals surface area contributed by atoms with Gasteiger partial charge in [0.25, 0.3) is 5.91 Å². The summed E-state index contributed by atoms with van der Waals surface area (Å²) in [6.07, 6.45) is 2.89. The summed E-state index contributed by atoms with van der Waals surface area (Å²) in [4.78, 5) is 14.6. The van der Waals surface area contributed by atoms with Crippen molar-refractivity contribution in [2.45, 2.75) is 30.2 Å². The van der Waals surface area contributed by atoms with Gasteiger partial charge in [-0.05, 0) is 37.5 Å². The van der Waals surface area contributed by atoms with E-state index in [4.69, 9.17) is 10.5 Å². The number of benzene rings is 1. The van der Waals surface area contributed by atoms with Gasteiger partial charge in [0.2, 0.25) is 10.0 Å². The standard InChI is InChI=1S/C16H25N3O4S/c1-23-10-8-18-24(21,22)15-7-4-5-13(11-15)16(20)19-9-3-2-6-14(19)12-17/h4-5,7,11,14,18H,2-3,6,8-10,12,17H2,1H3. The molecule has 1 aliphatic rings. The topological polar surface area (TPSA) is 102 Å². The van der Waals surface area contributed by atoms with Gasteiger partial charge < -0.3 is 15.4 Å². The summed E-state index contributed by atoms with van der Waals surface area (Å²) in [6.45, 7) is 1.54. The second-order valence-electron chi connectivity index (χ2n) is 5.80. The molecule has 3 N–H and O–H groups in total. The molecule has 1 unspecified atom stereocenters. The normalized spacial score (nSPS) is 18.6. The molecule has 1 fully saturated rings. The van der Waals surface area contributed by atoms with Gasteiger partial charge >= 0.3 is 0 Å². The molecule has 2 rings (SSSR count). The molecule has 1 aliphatic heterocycles. The Bertz CT molecular complexity index is 663. The molecule has 134 valence electrons. The number of likely N-dealkylation sites (tertiary alicyclic amines) is 1. The van der Waals surface area contributed by atoms with Gasteiger partial charge in [-0.2, -0.15) is 0 Å². The predicted octanol–water partition coefficient (Wildman–Crippen LogP) is 0.565. The third-order valence-corrected chi connectivity index (χ3v) is 5.61. The van der Waals surface area contributed by atoms with Crippen LogP contribution in [0.2, 0.25) is 0 Å². The Morgan fingerprint density at radius 3 is 2.92 bits per heavy atom. The van der Waals surface area contributed by atoms with Gasteiger partial charge in [0.15, 0.2) is 0 Å². The quantitative estimate of drug-likeness (QED) is 0.696. The highest BCUT2D eigenvalue weighted by atomic mass is 32.2. The van der Waals surface area contributed by atoms with Crippen molar-refractivity contribution in [2.24, 2.45) is 5.73 Å². The molecule has 0 aliphatic carbocycles. The van der Waals surface area contributed by atoms with E-state index in [1.54, 1.807) is 17.0 Å². The van der Waals surface area contributed by atoms with Crippen molar-refractivity contribution in [3.8, 4) is 0 Å². The molecule has 1 saturated heterocycles. The maximum Gasteiger partial charge on any atom is 0.254 e. The molecule has 0 spiro atoms. The van der Waals surface area contributed by atoms with Crippen LogP contribution in [0.3, 0.4) is 0 Å². The molecule has 1 aromatic rings. The smallest absolute Gasteiger partial charge is 0.254 e. The first kappa shape index (κ1) is 18.9. The molecular formula is C16H25N3O4S. The van der Waals surface area contributed by atoms with Crippen molar-refractivity contribution >= 4 is 15.9 Å². The number of nitrogens with zero attached hydrogens (tertiary/aromatic N) is 1. The monoisotopic (exact) mass is 355 g/mol. The summed E-state index contributed by atoms with van der Waals surface area (Å²) in [7, 11) is -2.16. The van der Waals surface area contributed by atoms with Crippen molar-refractivity contribution < 1.29 is 17.9 Å². The SMILES string of the molecule is COCCNS(=O)(=O)c1cccc(C(=O)N2CCCCC2CN)c1. The fourth-order valence-electron chi connectivity index (χ4n) is 2.84. The lowest BCUT2D eigenvalue weighted by molar-refractivity contribution is 0.0623. The van der Waals surface area contributed by atoms with Crippen molar-refractivity contribution in [3.05, 3.63) is 29.8 Å². The third-order valence-electron chi connectivity index (χ3n) is 4.15. The Kier molecular flexibility index (Phi) is 6.73. The Morgan fingerprint density at radius 1 is 1.42 bits per heavy atom. The Hall–Kier alpha value is -1.48. The van der Waals surface area contributed by atoms with E-state index in [0.717, 1.165) is 19.3 Å². The molecule has 0 bridgehead atoms. The van der Waals surface area contributed by atoms with Crippen LogP contribution in [0.1, 0.15) is 29.6 Å². The Morgan fingerprint density at radius 2 is 2.21 bits per heavy atom. The number of carbonyl (C=O) groups excluding carboxylic acids is 1. The van der Waals surface area contributed by atoms with Crippen molar-refractivity contribution in [3.63, 3.8) is 0 Å². The number of hydrogen-bond donors (Lipinski definition) is 2. The average Bonchev–Trinajstić information content (AvgIpc) is 2.61. The molecule has 0 radical (unpaired) electrons. The highest BCUT2D eigenvalue weighted by Gasteiger charge is 2.27. The van der Waals surface area contributed by atoms with Crippen LogP contribution in [0.15, 0.2) is 29.2 Å². The number of rotatable bonds is 7. The van der Waals surface area contributed by atoms with E-state index < -0.39 is 10.0 Å². The zero-order valence-electron chi connectivity index (χ0n) is 13.9. The van der Waals surface area contributed by atoms with Crippen molar-refractivity contribution in [2.75, 3.05) is 33.4 Å². The van der Waals surface area contributed by atoms with Gasteiger partial charge in [-0.3, -0.25) is 4.79 Å². The first-order valence-corrected chi connectivity index (χ1v) is 9.57. The maximum atomic E-state index is 12.7.